The molecule has 2 aromatic rings. The Morgan fingerprint density at radius 3 is 2.41 bits per heavy atom. The first-order valence-corrected chi connectivity index (χ1v) is 11.3. The predicted molar refractivity (Wildman–Crippen MR) is 122 cm³/mol. The van der Waals surface area contributed by atoms with E-state index < -0.39 is 22.4 Å². The summed E-state index contributed by atoms with van der Waals surface area (Å²) in [5.74, 6) is -0.516. The molecule has 172 valence electrons. The number of nitrogens with two attached hydrogens (primary N) is 1. The maximum atomic E-state index is 13.2. The largest absolute Gasteiger partial charge is 0.491 e. The van der Waals surface area contributed by atoms with E-state index in [0.717, 1.165) is 17.1 Å². The van der Waals surface area contributed by atoms with Gasteiger partial charge in [-0.15, -0.1) is 0 Å². The molecule has 1 amide bonds. The minimum atomic E-state index is -4.91. The lowest BCUT2D eigenvalue weighted by molar-refractivity contribution is -0.114. The SMILES string of the molecule is CCN(c1cc(N)c(C(=Nc2ccc(Cl)cc2)C(=O)NC)cc1C1CC1)S(=O)C(F)(F)F. The molecule has 1 unspecified atom stereocenters. The van der Waals surface area contributed by atoms with Crippen molar-refractivity contribution in [3.05, 3.63) is 52.5 Å². The van der Waals surface area contributed by atoms with E-state index in [9.17, 15) is 22.2 Å². The fourth-order valence-corrected chi connectivity index (χ4v) is 4.21. The van der Waals surface area contributed by atoms with Crippen molar-refractivity contribution in [1.29, 1.82) is 0 Å². The van der Waals surface area contributed by atoms with Crippen LogP contribution in [0.1, 0.15) is 36.8 Å². The molecule has 0 bridgehead atoms. The van der Waals surface area contributed by atoms with E-state index in [-0.39, 0.29) is 29.5 Å². The summed E-state index contributed by atoms with van der Waals surface area (Å²) in [5, 5.41) is 3.02. The van der Waals surface area contributed by atoms with Crippen LogP contribution in [0.2, 0.25) is 5.02 Å². The highest BCUT2D eigenvalue weighted by molar-refractivity contribution is 7.87. The van der Waals surface area contributed by atoms with Gasteiger partial charge < -0.3 is 11.1 Å². The highest BCUT2D eigenvalue weighted by Gasteiger charge is 2.42. The van der Waals surface area contributed by atoms with Gasteiger partial charge in [0.05, 0.1) is 11.4 Å². The van der Waals surface area contributed by atoms with Crippen LogP contribution in [0.4, 0.5) is 30.2 Å². The molecule has 3 rings (SSSR count). The first-order valence-electron chi connectivity index (χ1n) is 9.83. The number of nitrogens with one attached hydrogen (secondary N) is 1. The topological polar surface area (TPSA) is 87.8 Å². The molecule has 0 spiro atoms. The van der Waals surface area contributed by atoms with E-state index in [4.69, 9.17) is 17.3 Å². The van der Waals surface area contributed by atoms with Crippen molar-refractivity contribution in [1.82, 2.24) is 5.32 Å². The summed E-state index contributed by atoms with van der Waals surface area (Å²) in [6.45, 7) is 1.36. The summed E-state index contributed by atoms with van der Waals surface area (Å²) in [4.78, 5) is 17.0. The number of carbonyl (C=O) groups excluding carboxylic acids is 1. The molecule has 32 heavy (non-hydrogen) atoms. The van der Waals surface area contributed by atoms with Gasteiger partial charge in [0.2, 0.25) is 11.0 Å². The molecule has 0 heterocycles. The van der Waals surface area contributed by atoms with Gasteiger partial charge >= 0.3 is 5.51 Å². The van der Waals surface area contributed by atoms with Crippen LogP contribution in [0, 0.1) is 0 Å². The summed E-state index contributed by atoms with van der Waals surface area (Å²) in [7, 11) is -1.80. The number of halogens is 4. The number of amides is 1. The Labute approximate surface area is 191 Å². The number of likely N-dealkylation sites (N-methyl/N-ethyl adjacent to an activating group) is 1. The van der Waals surface area contributed by atoms with Gasteiger partial charge in [-0.3, -0.25) is 9.10 Å². The zero-order valence-electron chi connectivity index (χ0n) is 17.4. The first kappa shape index (κ1) is 24.1. The lowest BCUT2D eigenvalue weighted by Gasteiger charge is -2.26. The van der Waals surface area contributed by atoms with E-state index in [2.05, 4.69) is 10.3 Å². The van der Waals surface area contributed by atoms with Crippen molar-refractivity contribution in [2.24, 2.45) is 4.99 Å². The Hall–Kier alpha value is -2.59. The molecule has 1 saturated carbocycles. The van der Waals surface area contributed by atoms with E-state index >= 15 is 0 Å². The van der Waals surface area contributed by atoms with Gasteiger partial charge in [0.15, 0.2) is 0 Å². The number of rotatable bonds is 7. The van der Waals surface area contributed by atoms with Gasteiger partial charge in [-0.1, -0.05) is 11.6 Å². The average Bonchev–Trinajstić information content (AvgIpc) is 3.58. The molecule has 2 aromatic carbocycles. The van der Waals surface area contributed by atoms with Crippen LogP contribution < -0.4 is 15.4 Å². The van der Waals surface area contributed by atoms with E-state index in [1.165, 1.54) is 20.0 Å². The molecule has 1 aliphatic rings. The van der Waals surface area contributed by atoms with Gasteiger partial charge in [-0.05, 0) is 67.6 Å². The summed E-state index contributed by atoms with van der Waals surface area (Å²) >= 11 is 5.90. The van der Waals surface area contributed by atoms with Crippen molar-refractivity contribution in [2.75, 3.05) is 23.6 Å². The van der Waals surface area contributed by atoms with Crippen molar-refractivity contribution < 1.29 is 22.2 Å². The third-order valence-corrected chi connectivity index (χ3v) is 6.44. The number of nitrogen functional groups attached to an aromatic ring is 1. The first-order chi connectivity index (χ1) is 15.1. The molecular formula is C21H22ClF3N4O2S. The molecule has 11 heteroatoms. The van der Waals surface area contributed by atoms with Gasteiger partial charge in [0.1, 0.15) is 5.71 Å². The van der Waals surface area contributed by atoms with Crippen molar-refractivity contribution >= 4 is 51.3 Å². The lowest BCUT2D eigenvalue weighted by atomic mass is 9.98. The van der Waals surface area contributed by atoms with E-state index in [1.807, 2.05) is 0 Å². The molecular weight excluding hydrogens is 465 g/mol. The number of aliphatic imine (C=N–C) groups is 1. The molecule has 0 radical (unpaired) electrons. The quantitative estimate of drug-likeness (QED) is 0.440. The maximum Gasteiger partial charge on any atom is 0.491 e. The zero-order chi connectivity index (χ0) is 23.6. The predicted octanol–water partition coefficient (Wildman–Crippen LogP) is 4.68. The number of hydrogen-bond acceptors (Lipinski definition) is 4. The summed E-state index contributed by atoms with van der Waals surface area (Å²) < 4.78 is 52.5. The van der Waals surface area contributed by atoms with Gasteiger partial charge in [0, 0.05) is 29.9 Å². The maximum absolute atomic E-state index is 13.2. The second kappa shape index (κ2) is 9.50. The van der Waals surface area contributed by atoms with E-state index in [0.29, 0.717) is 21.8 Å². The number of benzene rings is 2. The minimum absolute atomic E-state index is 0.00916. The van der Waals surface area contributed by atoms with Crippen molar-refractivity contribution in [3.63, 3.8) is 0 Å². The zero-order valence-corrected chi connectivity index (χ0v) is 18.9. The summed E-state index contributed by atoms with van der Waals surface area (Å²) in [5.41, 5.74) is 2.81. The van der Waals surface area contributed by atoms with Crippen molar-refractivity contribution in [3.8, 4) is 0 Å². The van der Waals surface area contributed by atoms with E-state index in [1.54, 1.807) is 30.3 Å². The minimum Gasteiger partial charge on any atom is -0.398 e. The third-order valence-electron chi connectivity index (χ3n) is 4.93. The standard InChI is InChI=1S/C21H22ClF3N4O2S/c1-3-29(32(31)21(23,24)25)18-11-17(26)16(10-15(18)12-4-5-12)19(20(30)27-2)28-14-8-6-13(22)7-9-14/h6-12H,3-5,26H2,1-2H3,(H,27,30). The van der Waals surface area contributed by atoms with Gasteiger partial charge in [-0.25, -0.2) is 9.20 Å². The Bertz CT molecular complexity index is 1070. The number of alkyl halides is 3. The number of carbonyl (C=O) groups is 1. The average molecular weight is 487 g/mol. The third kappa shape index (κ3) is 5.24. The Morgan fingerprint density at radius 1 is 1.28 bits per heavy atom. The molecule has 6 nitrogen and oxygen atoms in total. The van der Waals surface area contributed by atoms with Crippen LogP contribution in [-0.2, 0) is 15.8 Å². The lowest BCUT2D eigenvalue weighted by Crippen LogP contribution is -2.36. The normalized spacial score (nSPS) is 15.4. The molecule has 3 N–H and O–H groups in total. The van der Waals surface area contributed by atoms with Crippen LogP contribution in [0.15, 0.2) is 41.4 Å². The molecule has 1 atom stereocenters. The smallest absolute Gasteiger partial charge is 0.398 e. The fourth-order valence-electron chi connectivity index (χ4n) is 3.26. The van der Waals surface area contributed by atoms with Crippen LogP contribution in [0.3, 0.4) is 0 Å². The van der Waals surface area contributed by atoms with Gasteiger partial charge in [-0.2, -0.15) is 13.2 Å². The summed E-state index contributed by atoms with van der Waals surface area (Å²) in [6.07, 6.45) is 1.55. The fraction of sp³-hybridized carbons (Fsp3) is 0.333. The molecule has 1 aliphatic carbocycles. The Kier molecular flexibility index (Phi) is 7.14. The number of hydrogen-bond donors (Lipinski definition) is 2. The highest BCUT2D eigenvalue weighted by atomic mass is 35.5. The molecule has 0 aromatic heterocycles. The Balaban J connectivity index is 2.16. The highest BCUT2D eigenvalue weighted by Crippen LogP contribution is 2.47. The van der Waals surface area contributed by atoms with Gasteiger partial charge in [0.25, 0.3) is 5.91 Å². The van der Waals surface area contributed by atoms with Crippen LogP contribution in [0.25, 0.3) is 0 Å². The summed E-state index contributed by atoms with van der Waals surface area (Å²) in [6, 6.07) is 9.43. The monoisotopic (exact) mass is 486 g/mol. The Morgan fingerprint density at radius 2 is 1.91 bits per heavy atom. The molecule has 0 aliphatic heterocycles. The van der Waals surface area contributed by atoms with Crippen LogP contribution in [0.5, 0.6) is 0 Å². The molecule has 1 fully saturated rings. The molecule has 0 saturated heterocycles. The van der Waals surface area contributed by atoms with Crippen molar-refractivity contribution in [2.45, 2.75) is 31.2 Å². The van der Waals surface area contributed by atoms with Crippen LogP contribution >= 0.6 is 11.6 Å². The number of anilines is 2. The van der Waals surface area contributed by atoms with Crippen LogP contribution in [-0.4, -0.2) is 34.9 Å². The second-order valence-electron chi connectivity index (χ2n) is 7.18. The number of nitrogens with zero attached hydrogens (tertiary/aromatic N) is 2. The second-order valence-corrected chi connectivity index (χ2v) is 9.02.